The van der Waals surface area contributed by atoms with Crippen molar-refractivity contribution in [1.29, 1.82) is 5.26 Å². The Morgan fingerprint density at radius 3 is 2.65 bits per heavy atom. The first-order chi connectivity index (χ1) is 33.0. The van der Waals surface area contributed by atoms with Crippen molar-refractivity contribution in [3.63, 3.8) is 0 Å². The van der Waals surface area contributed by atoms with E-state index in [1.54, 1.807) is 23.6 Å². The average molecular weight is 979 g/mol. The Kier molecular flexibility index (Phi) is 15.1. The maximum absolute atomic E-state index is 14.1. The predicted octanol–water partition coefficient (Wildman–Crippen LogP) is 5.23. The molecule has 6 heterocycles. The van der Waals surface area contributed by atoms with Crippen molar-refractivity contribution in [1.82, 2.24) is 45.5 Å². The second kappa shape index (κ2) is 21.0. The molecule has 69 heavy (non-hydrogen) atoms. The third-order valence-corrected chi connectivity index (χ3v) is 15.5. The lowest BCUT2D eigenvalue weighted by Crippen LogP contribution is -2.58. The Balaban J connectivity index is 0.796. The lowest BCUT2D eigenvalue weighted by molar-refractivity contribution is -0.144. The summed E-state index contributed by atoms with van der Waals surface area (Å²) in [5.74, 6) is 0.160. The van der Waals surface area contributed by atoms with Crippen molar-refractivity contribution in [2.24, 2.45) is 5.41 Å². The van der Waals surface area contributed by atoms with E-state index in [0.717, 1.165) is 84.0 Å². The van der Waals surface area contributed by atoms with Crippen LogP contribution in [0.4, 0.5) is 10.9 Å². The number of aliphatic hydroxyl groups excluding tert-OH is 1. The number of ether oxygens (including phenoxy) is 1. The summed E-state index contributed by atoms with van der Waals surface area (Å²) in [7, 11) is 0. The van der Waals surface area contributed by atoms with Gasteiger partial charge in [0.15, 0.2) is 0 Å². The highest BCUT2D eigenvalue weighted by Crippen LogP contribution is 2.48. The normalized spacial score (nSPS) is 21.3. The molecule has 18 nitrogen and oxygen atoms in total. The number of β-amino-alcohol motifs (C(OH)–C–C–N with tert-alkyl or cyclic N) is 1. The van der Waals surface area contributed by atoms with E-state index in [9.17, 15) is 24.8 Å². The van der Waals surface area contributed by atoms with Gasteiger partial charge in [0.2, 0.25) is 35.4 Å². The molecule has 366 valence electrons. The number of thiazole rings is 1. The van der Waals surface area contributed by atoms with Crippen LogP contribution in [0.15, 0.2) is 46.6 Å². The van der Waals surface area contributed by atoms with E-state index in [1.165, 1.54) is 16.2 Å². The Bertz CT molecular complexity index is 2670. The zero-order valence-corrected chi connectivity index (χ0v) is 41.8. The molecule has 5 N–H and O–H groups in total. The van der Waals surface area contributed by atoms with E-state index in [-0.39, 0.29) is 38.1 Å². The van der Waals surface area contributed by atoms with Crippen LogP contribution in [0, 0.1) is 23.7 Å². The van der Waals surface area contributed by atoms with Crippen molar-refractivity contribution in [3.05, 3.63) is 75.2 Å². The van der Waals surface area contributed by atoms with Gasteiger partial charge < -0.3 is 45.4 Å². The molecule has 0 saturated carbocycles. The third kappa shape index (κ3) is 11.0. The molecule has 2 aliphatic heterocycles. The summed E-state index contributed by atoms with van der Waals surface area (Å²) in [6.45, 7) is 15.3. The fourth-order valence-electron chi connectivity index (χ4n) is 9.76. The standard InChI is InChI=1S/C49H62N12O6S2/c1-29-25-59(18-8-20-60(29)47-52-17-15-35(55-47)43-57-46(67-58-43)49(6)16-7-10-37-39(49)34(23-50)42(51)69-37)19-9-21-66-27-38(63)56-41(48(3,4)5)45(65)61-26-33(62)22-36(61)44(64)53-24-31-11-13-32(14-12-31)40-30(2)54-28-68-40/h11-15,17,28-29,33,36,41,62H,7-10,16,18-22,24-27,51H2,1-6H3,(H,53,64)(H,56,63)/t29-,33+,36-,41+,49-/m0/s1. The number of nitrogens with two attached hydrogens (primary N) is 1. The number of carbonyl (C=O) groups is 3. The number of carbonyl (C=O) groups excluding carboxylic acids is 3. The van der Waals surface area contributed by atoms with Crippen LogP contribution in [-0.2, 0) is 37.5 Å². The molecule has 1 aliphatic carbocycles. The molecule has 2 fully saturated rings. The van der Waals surface area contributed by atoms with Crippen LogP contribution in [0.3, 0.4) is 0 Å². The van der Waals surface area contributed by atoms with Gasteiger partial charge in [0, 0.05) is 68.4 Å². The van der Waals surface area contributed by atoms with Crippen molar-refractivity contribution >= 4 is 51.3 Å². The minimum Gasteiger partial charge on any atom is -0.391 e. The number of nitrogens with zero attached hydrogens (tertiary/aromatic N) is 9. The van der Waals surface area contributed by atoms with E-state index in [4.69, 9.17) is 25.0 Å². The second-order valence-corrected chi connectivity index (χ2v) is 21.6. The number of nitriles is 1. The van der Waals surface area contributed by atoms with Crippen molar-refractivity contribution in [2.45, 2.75) is 116 Å². The van der Waals surface area contributed by atoms with Crippen molar-refractivity contribution in [3.8, 4) is 28.0 Å². The number of hydrogen-bond acceptors (Lipinski definition) is 17. The molecule has 5 aromatic rings. The highest BCUT2D eigenvalue weighted by atomic mass is 32.1. The Hall–Kier alpha value is -5.85. The van der Waals surface area contributed by atoms with Crippen molar-refractivity contribution in [2.75, 3.05) is 56.6 Å². The number of anilines is 2. The molecule has 8 rings (SSSR count). The van der Waals surface area contributed by atoms with Gasteiger partial charge in [-0.05, 0) is 82.0 Å². The first kappa shape index (κ1) is 49.6. The molecular weight excluding hydrogens is 917 g/mol. The summed E-state index contributed by atoms with van der Waals surface area (Å²) in [4.78, 5) is 67.7. The maximum atomic E-state index is 14.1. The fraction of sp³-hybridized carbons (Fsp3) is 0.531. The van der Waals surface area contributed by atoms with Crippen LogP contribution in [0.2, 0.25) is 0 Å². The largest absolute Gasteiger partial charge is 0.391 e. The number of nitrogen functional groups attached to an aromatic ring is 1. The first-order valence-electron chi connectivity index (χ1n) is 23.6. The van der Waals surface area contributed by atoms with E-state index < -0.39 is 40.8 Å². The van der Waals surface area contributed by atoms with E-state index >= 15 is 0 Å². The lowest BCUT2D eigenvalue weighted by Gasteiger charge is -2.35. The van der Waals surface area contributed by atoms with Gasteiger partial charge >= 0.3 is 0 Å². The summed E-state index contributed by atoms with van der Waals surface area (Å²) in [5, 5.41) is 31.2. The second-order valence-electron chi connectivity index (χ2n) is 19.6. The number of rotatable bonds is 15. The number of aliphatic hydroxyl groups is 1. The van der Waals surface area contributed by atoms with Gasteiger partial charge in [-0.1, -0.05) is 50.2 Å². The Morgan fingerprint density at radius 1 is 1.12 bits per heavy atom. The number of hydrogen-bond donors (Lipinski definition) is 4. The number of benzene rings is 1. The van der Waals surface area contributed by atoms with E-state index in [1.807, 2.05) is 64.4 Å². The molecule has 1 aromatic carbocycles. The van der Waals surface area contributed by atoms with E-state index in [0.29, 0.717) is 46.9 Å². The van der Waals surface area contributed by atoms with Gasteiger partial charge in [0.25, 0.3) is 0 Å². The van der Waals surface area contributed by atoms with Gasteiger partial charge in [0.05, 0.1) is 33.2 Å². The smallest absolute Gasteiger partial charge is 0.246 e. The van der Waals surface area contributed by atoms with Crippen LogP contribution >= 0.6 is 22.7 Å². The Labute approximate surface area is 410 Å². The molecule has 5 atom stereocenters. The highest BCUT2D eigenvalue weighted by molar-refractivity contribution is 7.16. The quantitative estimate of drug-likeness (QED) is 0.0982. The monoisotopic (exact) mass is 978 g/mol. The molecule has 0 bridgehead atoms. The van der Waals surface area contributed by atoms with Crippen LogP contribution in [0.5, 0.6) is 0 Å². The number of aryl methyl sites for hydroxylation is 2. The SMILES string of the molecule is Cc1ncsc1-c1ccc(CNC(=O)[C@@H]2C[C@@H](O)CN2C(=O)[C@@H](NC(=O)COCCCN2CCCN(c3nccc(-c4noc([C@@]5(C)CCCc6sc(N)c(C#N)c65)n4)n3)[C@@H](C)C2)C(C)(C)C)cc1. The molecular formula is C49H62N12O6S2. The Morgan fingerprint density at radius 2 is 1.91 bits per heavy atom. The van der Waals surface area contributed by atoms with E-state index in [2.05, 4.69) is 48.6 Å². The first-order valence-corrected chi connectivity index (χ1v) is 25.3. The number of thiophene rings is 1. The molecule has 0 unspecified atom stereocenters. The molecule has 20 heteroatoms. The number of nitrogens with one attached hydrogen (secondary N) is 2. The molecule has 2 saturated heterocycles. The minimum atomic E-state index is -0.952. The third-order valence-electron chi connectivity index (χ3n) is 13.4. The fourth-order valence-corrected chi connectivity index (χ4v) is 11.8. The molecule has 0 spiro atoms. The van der Waals surface area contributed by atoms with Gasteiger partial charge in [-0.15, -0.1) is 22.7 Å². The maximum Gasteiger partial charge on any atom is 0.246 e. The topological polar surface area (TPSA) is 242 Å². The summed E-state index contributed by atoms with van der Waals surface area (Å²) in [6.07, 6.45) is 5.08. The van der Waals surface area contributed by atoms with Gasteiger partial charge in [0.1, 0.15) is 35.5 Å². The zero-order valence-electron chi connectivity index (χ0n) is 40.2. The zero-order chi connectivity index (χ0) is 49.0. The lowest BCUT2D eigenvalue weighted by atomic mass is 9.72. The van der Waals surface area contributed by atoms with Crippen LogP contribution < -0.4 is 21.3 Å². The van der Waals surface area contributed by atoms with Gasteiger partial charge in [-0.25, -0.2) is 15.0 Å². The molecule has 0 radical (unpaired) electrons. The van der Waals surface area contributed by atoms with Crippen LogP contribution in [0.1, 0.15) is 99.9 Å². The van der Waals surface area contributed by atoms with Gasteiger partial charge in [-0.2, -0.15) is 10.2 Å². The van der Waals surface area contributed by atoms with Crippen molar-refractivity contribution < 1.29 is 28.8 Å². The number of likely N-dealkylation sites (tertiary alicyclic amines) is 1. The van der Waals surface area contributed by atoms with Crippen LogP contribution in [-0.4, -0.2) is 128 Å². The summed E-state index contributed by atoms with van der Waals surface area (Å²) >= 11 is 3.04. The van der Waals surface area contributed by atoms with Crippen LogP contribution in [0.25, 0.3) is 22.0 Å². The highest BCUT2D eigenvalue weighted by Gasteiger charge is 2.45. The number of fused-ring (bicyclic) bond motifs is 1. The van der Waals surface area contributed by atoms with Gasteiger partial charge in [-0.3, -0.25) is 14.4 Å². The number of aromatic nitrogens is 5. The summed E-state index contributed by atoms with van der Waals surface area (Å²) < 4.78 is 11.7. The molecule has 3 aliphatic rings. The minimum absolute atomic E-state index is 0.00805. The number of amides is 3. The molecule has 3 amide bonds. The predicted molar refractivity (Wildman–Crippen MR) is 263 cm³/mol. The molecule has 4 aromatic heterocycles. The summed E-state index contributed by atoms with van der Waals surface area (Å²) in [5.41, 5.74) is 11.6. The summed E-state index contributed by atoms with van der Waals surface area (Å²) in [6, 6.07) is 10.2. The average Bonchev–Trinajstić information content (AvgIpc) is 4.13.